The van der Waals surface area contributed by atoms with Crippen molar-refractivity contribution in [3.05, 3.63) is 67.1 Å². The summed E-state index contributed by atoms with van der Waals surface area (Å²) in [5, 5.41) is 10.2. The Labute approximate surface area is 142 Å². The molecule has 0 radical (unpaired) electrons. The van der Waals surface area contributed by atoms with Gasteiger partial charge in [0.25, 0.3) is 11.1 Å². The molecule has 0 spiro atoms. The maximum Gasteiger partial charge on any atom is 0.337 e. The summed E-state index contributed by atoms with van der Waals surface area (Å²) in [5.41, 5.74) is 0.0412. The molecule has 0 unspecified atom stereocenters. The molecule has 2 aromatic heterocycles. The third-order valence-electron chi connectivity index (χ3n) is 4.60. The number of hydrogen-bond acceptors (Lipinski definition) is 4. The fourth-order valence-electron chi connectivity index (χ4n) is 3.20. The van der Waals surface area contributed by atoms with Gasteiger partial charge in [0.1, 0.15) is 16.8 Å². The third-order valence-corrected chi connectivity index (χ3v) is 4.60. The topological polar surface area (TPSA) is 86.2 Å². The fraction of sp³-hybridized carbons (Fsp3) is 0.278. The third kappa shape index (κ3) is 2.23. The van der Waals surface area contributed by atoms with E-state index in [1.807, 2.05) is 13.0 Å². The standard InChI is InChI=1S/C18H17N3O4/c1-10-4-3-5-12(8-10)20-16-15(13(22)9-14(23)19(16)2)17(24)21(18(20)25)11-6-7-11/h3-5,8-9,11,22H,6-7H2,1-2H3. The highest BCUT2D eigenvalue weighted by atomic mass is 16.3. The van der Waals surface area contributed by atoms with Crippen LogP contribution in [0.3, 0.4) is 0 Å². The van der Waals surface area contributed by atoms with Gasteiger partial charge in [0.05, 0.1) is 5.69 Å². The van der Waals surface area contributed by atoms with Crippen molar-refractivity contribution in [3.63, 3.8) is 0 Å². The zero-order chi connectivity index (χ0) is 17.9. The lowest BCUT2D eigenvalue weighted by atomic mass is 10.2. The molecule has 7 nitrogen and oxygen atoms in total. The fourth-order valence-corrected chi connectivity index (χ4v) is 3.20. The molecule has 1 fully saturated rings. The van der Waals surface area contributed by atoms with Crippen LogP contribution in [0.15, 0.2) is 44.7 Å². The second kappa shape index (κ2) is 5.20. The van der Waals surface area contributed by atoms with Crippen LogP contribution in [0.2, 0.25) is 0 Å². The quantitative estimate of drug-likeness (QED) is 0.760. The van der Waals surface area contributed by atoms with Crippen molar-refractivity contribution in [2.45, 2.75) is 25.8 Å². The first-order valence-electron chi connectivity index (χ1n) is 8.07. The molecule has 1 saturated carbocycles. The summed E-state index contributed by atoms with van der Waals surface area (Å²) in [5.74, 6) is -0.404. The van der Waals surface area contributed by atoms with Crippen LogP contribution in [0, 0.1) is 6.92 Å². The second-order valence-electron chi connectivity index (χ2n) is 6.49. The zero-order valence-electron chi connectivity index (χ0n) is 13.9. The molecule has 7 heteroatoms. The Morgan fingerprint density at radius 1 is 1.12 bits per heavy atom. The van der Waals surface area contributed by atoms with Crippen LogP contribution in [-0.2, 0) is 7.05 Å². The van der Waals surface area contributed by atoms with Crippen LogP contribution >= 0.6 is 0 Å². The first kappa shape index (κ1) is 15.4. The highest BCUT2D eigenvalue weighted by molar-refractivity contribution is 5.82. The van der Waals surface area contributed by atoms with Crippen molar-refractivity contribution >= 4 is 11.0 Å². The minimum atomic E-state index is -0.556. The largest absolute Gasteiger partial charge is 0.507 e. The van der Waals surface area contributed by atoms with Gasteiger partial charge in [0, 0.05) is 19.2 Å². The molecule has 0 bridgehead atoms. The predicted molar refractivity (Wildman–Crippen MR) is 93.7 cm³/mol. The number of hydrogen-bond donors (Lipinski definition) is 1. The highest BCUT2D eigenvalue weighted by Crippen LogP contribution is 2.33. The van der Waals surface area contributed by atoms with E-state index in [1.54, 1.807) is 18.2 Å². The molecular formula is C18H17N3O4. The van der Waals surface area contributed by atoms with E-state index in [0.29, 0.717) is 5.69 Å². The second-order valence-corrected chi connectivity index (χ2v) is 6.49. The first-order valence-corrected chi connectivity index (χ1v) is 8.07. The number of aromatic hydroxyl groups is 1. The van der Waals surface area contributed by atoms with Crippen molar-refractivity contribution in [3.8, 4) is 11.4 Å². The van der Waals surface area contributed by atoms with Crippen LogP contribution in [0.1, 0.15) is 24.4 Å². The SMILES string of the molecule is Cc1cccc(-n2c(=O)n(C3CC3)c(=O)c3c(O)cc(=O)n(C)c32)c1. The van der Waals surface area contributed by atoms with Gasteiger partial charge in [-0.15, -0.1) is 0 Å². The average Bonchev–Trinajstić information content (AvgIpc) is 3.37. The highest BCUT2D eigenvalue weighted by Gasteiger charge is 2.30. The van der Waals surface area contributed by atoms with Crippen LogP contribution in [0.5, 0.6) is 5.75 Å². The number of nitrogens with zero attached hydrogens (tertiary/aromatic N) is 3. The molecule has 1 aliphatic carbocycles. The summed E-state index contributed by atoms with van der Waals surface area (Å²) in [6.07, 6.45) is 1.50. The van der Waals surface area contributed by atoms with Gasteiger partial charge in [-0.25, -0.2) is 9.36 Å². The summed E-state index contributed by atoms with van der Waals surface area (Å²) in [6.45, 7) is 1.89. The maximum absolute atomic E-state index is 13.1. The van der Waals surface area contributed by atoms with Crippen LogP contribution in [-0.4, -0.2) is 18.8 Å². The van der Waals surface area contributed by atoms with Gasteiger partial charge < -0.3 is 5.11 Å². The number of rotatable bonds is 2. The van der Waals surface area contributed by atoms with Gasteiger partial charge in [0.15, 0.2) is 0 Å². The molecule has 0 aliphatic heterocycles. The van der Waals surface area contributed by atoms with E-state index < -0.39 is 22.6 Å². The molecule has 25 heavy (non-hydrogen) atoms. The van der Waals surface area contributed by atoms with Crippen LogP contribution in [0.4, 0.5) is 0 Å². The number of pyridine rings is 1. The molecule has 3 aromatic rings. The van der Waals surface area contributed by atoms with Gasteiger partial charge in [-0.1, -0.05) is 12.1 Å². The minimum absolute atomic E-state index is 0.0184. The van der Waals surface area contributed by atoms with E-state index in [0.717, 1.165) is 24.5 Å². The monoisotopic (exact) mass is 339 g/mol. The van der Waals surface area contributed by atoms with E-state index in [9.17, 15) is 19.5 Å². The maximum atomic E-state index is 13.1. The van der Waals surface area contributed by atoms with Crippen molar-refractivity contribution in [1.82, 2.24) is 13.7 Å². The van der Waals surface area contributed by atoms with Gasteiger partial charge in [-0.05, 0) is 37.5 Å². The van der Waals surface area contributed by atoms with Crippen molar-refractivity contribution < 1.29 is 5.11 Å². The first-order chi connectivity index (χ1) is 11.9. The summed E-state index contributed by atoms with van der Waals surface area (Å²) in [7, 11) is 1.48. The van der Waals surface area contributed by atoms with E-state index >= 15 is 0 Å². The number of aryl methyl sites for hydroxylation is 2. The lowest BCUT2D eigenvalue weighted by molar-refractivity contribution is 0.477. The Hall–Kier alpha value is -3.09. The van der Waals surface area contributed by atoms with Gasteiger partial charge in [-0.2, -0.15) is 0 Å². The average molecular weight is 339 g/mol. The summed E-state index contributed by atoms with van der Waals surface area (Å²) >= 11 is 0. The molecule has 0 atom stereocenters. The molecular weight excluding hydrogens is 322 g/mol. The van der Waals surface area contributed by atoms with Crippen LogP contribution in [0.25, 0.3) is 16.7 Å². The molecule has 2 heterocycles. The van der Waals surface area contributed by atoms with Crippen LogP contribution < -0.4 is 16.8 Å². The summed E-state index contributed by atoms with van der Waals surface area (Å²) < 4.78 is 3.75. The number of aromatic nitrogens is 3. The Bertz CT molecular complexity index is 1200. The number of benzene rings is 1. The molecule has 128 valence electrons. The van der Waals surface area contributed by atoms with Gasteiger partial charge in [-0.3, -0.25) is 18.7 Å². The zero-order valence-corrected chi connectivity index (χ0v) is 13.9. The lowest BCUT2D eigenvalue weighted by Crippen LogP contribution is -2.41. The van der Waals surface area contributed by atoms with Crippen molar-refractivity contribution in [2.75, 3.05) is 0 Å². The van der Waals surface area contributed by atoms with E-state index in [1.165, 1.54) is 20.7 Å². The molecule has 4 rings (SSSR count). The molecule has 0 saturated heterocycles. The summed E-state index contributed by atoms with van der Waals surface area (Å²) in [6, 6.07) is 8.09. The van der Waals surface area contributed by atoms with E-state index in [-0.39, 0.29) is 17.1 Å². The molecule has 0 amide bonds. The van der Waals surface area contributed by atoms with Crippen molar-refractivity contribution in [2.24, 2.45) is 7.05 Å². The Morgan fingerprint density at radius 3 is 2.48 bits per heavy atom. The Kier molecular flexibility index (Phi) is 3.21. The molecule has 1 aliphatic rings. The molecule has 1 aromatic carbocycles. The van der Waals surface area contributed by atoms with Gasteiger partial charge >= 0.3 is 5.69 Å². The summed E-state index contributed by atoms with van der Waals surface area (Å²) in [4.78, 5) is 38.1. The van der Waals surface area contributed by atoms with Gasteiger partial charge in [0.2, 0.25) is 0 Å². The Balaban J connectivity index is 2.30. The predicted octanol–water partition coefficient (Wildman–Crippen LogP) is 1.20. The van der Waals surface area contributed by atoms with E-state index in [4.69, 9.17) is 0 Å². The molecule has 1 N–H and O–H groups in total. The smallest absolute Gasteiger partial charge is 0.337 e. The van der Waals surface area contributed by atoms with E-state index in [2.05, 4.69) is 0 Å². The lowest BCUT2D eigenvalue weighted by Gasteiger charge is -2.17. The van der Waals surface area contributed by atoms with Crippen molar-refractivity contribution in [1.29, 1.82) is 0 Å². The normalized spacial score (nSPS) is 14.2. The minimum Gasteiger partial charge on any atom is -0.507 e. The number of fused-ring (bicyclic) bond motifs is 1. The Morgan fingerprint density at radius 2 is 1.84 bits per heavy atom.